The van der Waals surface area contributed by atoms with E-state index in [4.69, 9.17) is 10.5 Å². The molecule has 3 N–H and O–H groups in total. The number of carbonyl (C=O) groups is 1. The van der Waals surface area contributed by atoms with E-state index in [1.807, 2.05) is 42.8 Å². The maximum Gasteiger partial charge on any atom is 0.322 e. The van der Waals surface area contributed by atoms with Crippen LogP contribution in [-0.4, -0.2) is 36.2 Å². The van der Waals surface area contributed by atoms with E-state index in [-0.39, 0.29) is 29.4 Å². The molecule has 0 aliphatic heterocycles. The van der Waals surface area contributed by atoms with Gasteiger partial charge >= 0.3 is 6.01 Å². The first kappa shape index (κ1) is 26.1. The van der Waals surface area contributed by atoms with E-state index in [2.05, 4.69) is 37.9 Å². The molecule has 5 rings (SSSR count). The maximum atomic E-state index is 15.3. The van der Waals surface area contributed by atoms with Crippen LogP contribution in [-0.2, 0) is 11.8 Å². The number of ether oxygens (including phenoxy) is 1. The fourth-order valence-corrected chi connectivity index (χ4v) is 4.43. The predicted molar refractivity (Wildman–Crippen MR) is 152 cm³/mol. The lowest BCUT2D eigenvalue weighted by Crippen LogP contribution is -2.21. The van der Waals surface area contributed by atoms with E-state index < -0.39 is 5.82 Å². The summed E-state index contributed by atoms with van der Waals surface area (Å²) in [5.74, 6) is -0.211. The van der Waals surface area contributed by atoms with Gasteiger partial charge in [-0.3, -0.25) is 4.79 Å². The van der Waals surface area contributed by atoms with Crippen LogP contribution in [0.5, 0.6) is 11.8 Å². The lowest BCUT2D eigenvalue weighted by molar-refractivity contribution is -0.118. The SMILES string of the molecule is Cc1ccnc(Oc2ccc(-c3c(-c4ccc(NC(=O)[C@H](C)CS)cc4)n(C)c4ncnc(N)c34)cc2F)n1. The lowest BCUT2D eigenvalue weighted by Gasteiger charge is -2.13. The molecule has 0 radical (unpaired) electrons. The zero-order valence-corrected chi connectivity index (χ0v) is 22.4. The predicted octanol–water partition coefficient (Wildman–Crippen LogP) is 5.42. The molecular weight excluding hydrogens is 517 g/mol. The molecule has 2 aromatic carbocycles. The molecule has 39 heavy (non-hydrogen) atoms. The first-order valence-electron chi connectivity index (χ1n) is 12.1. The third kappa shape index (κ3) is 5.13. The molecule has 198 valence electrons. The molecule has 1 atom stereocenters. The highest BCUT2D eigenvalue weighted by molar-refractivity contribution is 7.80. The van der Waals surface area contributed by atoms with Crippen molar-refractivity contribution in [2.24, 2.45) is 13.0 Å². The van der Waals surface area contributed by atoms with E-state index in [0.29, 0.717) is 39.3 Å². The van der Waals surface area contributed by atoms with E-state index in [1.165, 1.54) is 18.5 Å². The van der Waals surface area contributed by atoms with Crippen molar-refractivity contribution in [1.82, 2.24) is 24.5 Å². The van der Waals surface area contributed by atoms with Gasteiger partial charge in [-0.15, -0.1) is 0 Å². The monoisotopic (exact) mass is 543 g/mol. The van der Waals surface area contributed by atoms with E-state index >= 15 is 4.39 Å². The highest BCUT2D eigenvalue weighted by Crippen LogP contribution is 2.42. The number of nitrogen functional groups attached to an aromatic ring is 1. The van der Waals surface area contributed by atoms with Crippen molar-refractivity contribution in [3.63, 3.8) is 0 Å². The highest BCUT2D eigenvalue weighted by Gasteiger charge is 2.23. The molecule has 0 saturated carbocycles. The number of hydrogen-bond donors (Lipinski definition) is 3. The smallest absolute Gasteiger partial charge is 0.322 e. The average Bonchev–Trinajstić information content (AvgIpc) is 3.23. The molecule has 9 nitrogen and oxygen atoms in total. The van der Waals surface area contributed by atoms with Gasteiger partial charge in [0.15, 0.2) is 11.6 Å². The molecular formula is C28H26FN7O2S. The number of nitrogens with zero attached hydrogens (tertiary/aromatic N) is 5. The van der Waals surface area contributed by atoms with Crippen LogP contribution < -0.4 is 15.8 Å². The summed E-state index contributed by atoms with van der Waals surface area (Å²) >= 11 is 4.19. The van der Waals surface area contributed by atoms with Crippen molar-refractivity contribution in [1.29, 1.82) is 0 Å². The summed E-state index contributed by atoms with van der Waals surface area (Å²) in [6.45, 7) is 3.61. The number of fused-ring (bicyclic) bond motifs is 1. The topological polar surface area (TPSA) is 121 Å². The van der Waals surface area contributed by atoms with Crippen LogP contribution in [0.1, 0.15) is 12.6 Å². The Hall–Kier alpha value is -4.51. The number of rotatable bonds is 7. The Morgan fingerprint density at radius 2 is 1.87 bits per heavy atom. The number of thiol groups is 1. The van der Waals surface area contributed by atoms with Gasteiger partial charge in [-0.2, -0.15) is 12.6 Å². The quantitative estimate of drug-likeness (QED) is 0.235. The minimum Gasteiger partial charge on any atom is -0.421 e. The number of aromatic nitrogens is 5. The molecule has 0 aliphatic carbocycles. The summed E-state index contributed by atoms with van der Waals surface area (Å²) in [4.78, 5) is 29.1. The van der Waals surface area contributed by atoms with Gasteiger partial charge in [-0.25, -0.2) is 24.3 Å². The molecule has 0 aliphatic rings. The zero-order valence-electron chi connectivity index (χ0n) is 21.5. The zero-order chi connectivity index (χ0) is 27.7. The van der Waals surface area contributed by atoms with Crippen LogP contribution in [0.2, 0.25) is 0 Å². The second kappa shape index (κ2) is 10.7. The first-order valence-corrected chi connectivity index (χ1v) is 12.8. The minimum atomic E-state index is -0.590. The Morgan fingerprint density at radius 1 is 1.13 bits per heavy atom. The van der Waals surface area contributed by atoms with Crippen molar-refractivity contribution in [2.75, 3.05) is 16.8 Å². The third-order valence-electron chi connectivity index (χ3n) is 6.34. The molecule has 0 spiro atoms. The molecule has 3 heterocycles. The van der Waals surface area contributed by atoms with Crippen molar-refractivity contribution in [3.8, 4) is 34.1 Å². The van der Waals surface area contributed by atoms with Crippen LogP contribution in [0.4, 0.5) is 15.9 Å². The second-order valence-corrected chi connectivity index (χ2v) is 9.48. The normalized spacial score (nSPS) is 11.9. The summed E-state index contributed by atoms with van der Waals surface area (Å²) in [5.41, 5.74) is 11.1. The Kier molecular flexibility index (Phi) is 7.16. The largest absolute Gasteiger partial charge is 0.421 e. The van der Waals surface area contributed by atoms with Crippen LogP contribution >= 0.6 is 12.6 Å². The van der Waals surface area contributed by atoms with Gasteiger partial charge < -0.3 is 20.4 Å². The highest BCUT2D eigenvalue weighted by atomic mass is 32.1. The lowest BCUT2D eigenvalue weighted by atomic mass is 9.98. The van der Waals surface area contributed by atoms with Crippen molar-refractivity contribution < 1.29 is 13.9 Å². The number of nitrogens with two attached hydrogens (primary N) is 1. The maximum absolute atomic E-state index is 15.3. The number of hydrogen-bond acceptors (Lipinski definition) is 8. The minimum absolute atomic E-state index is 0.00843. The number of aryl methyl sites for hydroxylation is 2. The van der Waals surface area contributed by atoms with E-state index in [1.54, 1.807) is 25.3 Å². The molecule has 0 fully saturated rings. The summed E-state index contributed by atoms with van der Waals surface area (Å²) < 4.78 is 22.8. The summed E-state index contributed by atoms with van der Waals surface area (Å²) in [6.07, 6.45) is 2.94. The van der Waals surface area contributed by atoms with Crippen LogP contribution in [0.3, 0.4) is 0 Å². The summed E-state index contributed by atoms with van der Waals surface area (Å²) in [5, 5.41) is 3.50. The van der Waals surface area contributed by atoms with E-state index in [0.717, 1.165) is 11.3 Å². The van der Waals surface area contributed by atoms with Gasteiger partial charge in [-0.05, 0) is 48.4 Å². The fourth-order valence-electron chi connectivity index (χ4n) is 4.27. The molecule has 0 bridgehead atoms. The van der Waals surface area contributed by atoms with Gasteiger partial charge in [0.2, 0.25) is 5.91 Å². The van der Waals surface area contributed by atoms with Gasteiger partial charge in [-0.1, -0.05) is 25.1 Å². The Balaban J connectivity index is 1.58. The number of nitrogens with one attached hydrogen (secondary N) is 1. The van der Waals surface area contributed by atoms with Gasteiger partial charge in [0.05, 0.1) is 11.1 Å². The molecule has 5 aromatic rings. The Labute approximate surface area is 229 Å². The number of amides is 1. The molecule has 0 unspecified atom stereocenters. The van der Waals surface area contributed by atoms with Crippen molar-refractivity contribution >= 4 is 41.1 Å². The number of carbonyl (C=O) groups excluding carboxylic acids is 1. The Bertz CT molecular complexity index is 1690. The molecule has 0 saturated heterocycles. The van der Waals surface area contributed by atoms with Gasteiger partial charge in [0.1, 0.15) is 17.8 Å². The average molecular weight is 544 g/mol. The van der Waals surface area contributed by atoms with Crippen molar-refractivity contribution in [3.05, 3.63) is 72.6 Å². The standard InChI is InChI=1S/C28H26FN7O2S/c1-15(13-39)27(37)35-19-7-4-17(5-8-19)24-22(23-25(30)32-14-33-26(23)36(24)3)18-6-9-21(20(29)12-18)38-28-31-11-10-16(2)34-28/h4-12,14-15,39H,13H2,1-3H3,(H,35,37)(H2,30,32,33)/t15-/m1/s1. The van der Waals surface area contributed by atoms with E-state index in [9.17, 15) is 4.79 Å². The fraction of sp³-hybridized carbons (Fsp3) is 0.179. The first-order chi connectivity index (χ1) is 18.8. The molecule has 1 amide bonds. The second-order valence-electron chi connectivity index (χ2n) is 9.12. The summed E-state index contributed by atoms with van der Waals surface area (Å²) in [7, 11) is 1.86. The van der Waals surface area contributed by atoms with Gasteiger partial charge in [0.25, 0.3) is 0 Å². The molecule has 3 aromatic heterocycles. The van der Waals surface area contributed by atoms with Crippen molar-refractivity contribution in [2.45, 2.75) is 13.8 Å². The van der Waals surface area contributed by atoms with Gasteiger partial charge in [0, 0.05) is 41.9 Å². The molecule has 11 heteroatoms. The van der Waals surface area contributed by atoms with Crippen LogP contribution in [0.25, 0.3) is 33.4 Å². The number of benzene rings is 2. The number of halogens is 1. The summed E-state index contributed by atoms with van der Waals surface area (Å²) in [6, 6.07) is 13.8. The van der Waals surface area contributed by atoms with Crippen LogP contribution in [0, 0.1) is 18.7 Å². The number of anilines is 2. The third-order valence-corrected chi connectivity index (χ3v) is 6.89. The van der Waals surface area contributed by atoms with Crippen LogP contribution in [0.15, 0.2) is 61.1 Å². The Morgan fingerprint density at radius 3 is 2.56 bits per heavy atom.